The van der Waals surface area contributed by atoms with Crippen molar-refractivity contribution in [2.45, 2.75) is 33.1 Å². The lowest BCUT2D eigenvalue weighted by atomic mass is 10.1. The molecule has 0 fully saturated rings. The van der Waals surface area contributed by atoms with Gasteiger partial charge < -0.3 is 10.2 Å². The lowest BCUT2D eigenvalue weighted by molar-refractivity contribution is -0.121. The number of nitrogens with one attached hydrogen (secondary N) is 1. The van der Waals surface area contributed by atoms with E-state index in [1.807, 2.05) is 18.2 Å². The smallest absolute Gasteiger partial charge is 0.274 e. The fraction of sp³-hybridized carbons (Fsp3) is 0.450. The van der Waals surface area contributed by atoms with E-state index in [4.69, 9.17) is 0 Å². The summed E-state index contributed by atoms with van der Waals surface area (Å²) in [6.07, 6.45) is 8.03. The average Bonchev–Trinajstić information content (AvgIpc) is 2.69. The Morgan fingerprint density at radius 2 is 1.96 bits per heavy atom. The number of hydrogen-bond acceptors (Lipinski definition) is 5. The van der Waals surface area contributed by atoms with Crippen LogP contribution in [0.15, 0.2) is 43.0 Å². The van der Waals surface area contributed by atoms with Crippen LogP contribution < -0.4 is 5.32 Å². The van der Waals surface area contributed by atoms with E-state index in [1.165, 1.54) is 18.6 Å². The molecule has 2 heterocycles. The molecule has 0 aliphatic heterocycles. The predicted molar refractivity (Wildman–Crippen MR) is 103 cm³/mol. The van der Waals surface area contributed by atoms with Crippen molar-refractivity contribution in [3.8, 4) is 0 Å². The second kappa shape index (κ2) is 11.0. The predicted octanol–water partition coefficient (Wildman–Crippen LogP) is 2.11. The molecule has 7 heteroatoms. The molecule has 27 heavy (non-hydrogen) atoms. The molecule has 0 unspecified atom stereocenters. The normalized spacial score (nSPS) is 10.6. The highest BCUT2D eigenvalue weighted by atomic mass is 16.2. The van der Waals surface area contributed by atoms with Crippen molar-refractivity contribution in [3.63, 3.8) is 0 Å². The minimum atomic E-state index is -0.190. The maximum atomic E-state index is 12.7. The number of aromatic nitrogens is 3. The van der Waals surface area contributed by atoms with Gasteiger partial charge in [0.2, 0.25) is 5.91 Å². The van der Waals surface area contributed by atoms with Gasteiger partial charge in [-0.2, -0.15) is 0 Å². The molecule has 0 saturated carbocycles. The van der Waals surface area contributed by atoms with Gasteiger partial charge in [0.15, 0.2) is 0 Å². The van der Waals surface area contributed by atoms with E-state index in [9.17, 15) is 9.59 Å². The standard InChI is InChI=1S/C20H27N5O2/c1-16(2)7-13-25(20(27)18-15-21-11-12-23-18)14-8-19(26)24-10-6-17-5-3-4-9-22-17/h3-5,9,11-12,15-16H,6-8,10,13-14H2,1-2H3,(H,24,26). The van der Waals surface area contributed by atoms with Crippen molar-refractivity contribution in [2.24, 2.45) is 5.92 Å². The second-order valence-electron chi connectivity index (χ2n) is 6.74. The number of nitrogens with zero attached hydrogens (tertiary/aromatic N) is 4. The number of pyridine rings is 1. The highest BCUT2D eigenvalue weighted by Crippen LogP contribution is 2.07. The van der Waals surface area contributed by atoms with Gasteiger partial charge in [0.1, 0.15) is 5.69 Å². The summed E-state index contributed by atoms with van der Waals surface area (Å²) in [4.78, 5) is 38.7. The molecule has 1 N–H and O–H groups in total. The Morgan fingerprint density at radius 1 is 1.11 bits per heavy atom. The molecular formula is C20H27N5O2. The lowest BCUT2D eigenvalue weighted by Gasteiger charge is -2.23. The Labute approximate surface area is 160 Å². The van der Waals surface area contributed by atoms with Gasteiger partial charge in [-0.25, -0.2) is 4.98 Å². The number of amides is 2. The van der Waals surface area contributed by atoms with E-state index < -0.39 is 0 Å². The van der Waals surface area contributed by atoms with Gasteiger partial charge in [-0.3, -0.25) is 19.6 Å². The fourth-order valence-electron chi connectivity index (χ4n) is 2.50. The number of rotatable bonds is 10. The first kappa shape index (κ1) is 20.5. The van der Waals surface area contributed by atoms with E-state index in [-0.39, 0.29) is 18.2 Å². The molecule has 0 bridgehead atoms. The summed E-state index contributed by atoms with van der Waals surface area (Å²) in [7, 11) is 0. The van der Waals surface area contributed by atoms with E-state index in [0.29, 0.717) is 37.7 Å². The van der Waals surface area contributed by atoms with Crippen molar-refractivity contribution >= 4 is 11.8 Å². The van der Waals surface area contributed by atoms with Crippen LogP contribution in [-0.4, -0.2) is 51.3 Å². The van der Waals surface area contributed by atoms with Gasteiger partial charge >= 0.3 is 0 Å². The molecule has 0 atom stereocenters. The third-order valence-corrected chi connectivity index (χ3v) is 4.08. The van der Waals surface area contributed by atoms with Crippen molar-refractivity contribution < 1.29 is 9.59 Å². The maximum absolute atomic E-state index is 12.7. The molecule has 2 rings (SSSR count). The van der Waals surface area contributed by atoms with Gasteiger partial charge in [0.25, 0.3) is 5.91 Å². The summed E-state index contributed by atoms with van der Waals surface area (Å²) in [5.74, 6) is 0.201. The van der Waals surface area contributed by atoms with Crippen molar-refractivity contribution in [2.75, 3.05) is 19.6 Å². The molecule has 2 aromatic heterocycles. The van der Waals surface area contributed by atoms with E-state index in [2.05, 4.69) is 34.1 Å². The molecule has 0 aromatic carbocycles. The van der Waals surface area contributed by atoms with Gasteiger partial charge in [-0.05, 0) is 24.5 Å². The van der Waals surface area contributed by atoms with Crippen LogP contribution in [0.3, 0.4) is 0 Å². The van der Waals surface area contributed by atoms with Crippen LogP contribution in [0.5, 0.6) is 0 Å². The summed E-state index contributed by atoms with van der Waals surface area (Å²) in [6.45, 7) is 5.69. The first-order valence-corrected chi connectivity index (χ1v) is 9.28. The fourth-order valence-corrected chi connectivity index (χ4v) is 2.50. The lowest BCUT2D eigenvalue weighted by Crippen LogP contribution is -2.37. The Kier molecular flexibility index (Phi) is 8.35. The monoisotopic (exact) mass is 369 g/mol. The van der Waals surface area contributed by atoms with Crippen molar-refractivity contribution in [3.05, 3.63) is 54.4 Å². The molecule has 0 radical (unpaired) electrons. The van der Waals surface area contributed by atoms with Crippen molar-refractivity contribution in [1.82, 2.24) is 25.2 Å². The molecule has 7 nitrogen and oxygen atoms in total. The van der Waals surface area contributed by atoms with Crippen molar-refractivity contribution in [1.29, 1.82) is 0 Å². The topological polar surface area (TPSA) is 88.1 Å². The van der Waals surface area contributed by atoms with E-state index in [1.54, 1.807) is 11.1 Å². The summed E-state index contributed by atoms with van der Waals surface area (Å²) >= 11 is 0. The highest BCUT2D eigenvalue weighted by Gasteiger charge is 2.18. The minimum absolute atomic E-state index is 0.0765. The Hall–Kier alpha value is -2.83. The summed E-state index contributed by atoms with van der Waals surface area (Å²) in [5, 5.41) is 2.89. The number of hydrogen-bond donors (Lipinski definition) is 1. The zero-order valence-corrected chi connectivity index (χ0v) is 16.0. The largest absolute Gasteiger partial charge is 0.356 e. The quantitative estimate of drug-likeness (QED) is 0.693. The first-order valence-electron chi connectivity index (χ1n) is 9.28. The molecule has 0 spiro atoms. The average molecular weight is 369 g/mol. The maximum Gasteiger partial charge on any atom is 0.274 e. The number of carbonyl (C=O) groups is 2. The van der Waals surface area contributed by atoms with Crippen LogP contribution >= 0.6 is 0 Å². The molecule has 144 valence electrons. The van der Waals surface area contributed by atoms with E-state index in [0.717, 1.165) is 12.1 Å². The molecule has 0 aliphatic rings. The SMILES string of the molecule is CC(C)CCN(CCC(=O)NCCc1ccccn1)C(=O)c1cnccn1. The molecule has 2 amide bonds. The van der Waals surface area contributed by atoms with Crippen LogP contribution in [0.4, 0.5) is 0 Å². The minimum Gasteiger partial charge on any atom is -0.356 e. The third kappa shape index (κ3) is 7.52. The third-order valence-electron chi connectivity index (χ3n) is 4.08. The van der Waals surface area contributed by atoms with Gasteiger partial charge in [0.05, 0.1) is 6.20 Å². The van der Waals surface area contributed by atoms with Crippen LogP contribution in [0.2, 0.25) is 0 Å². The van der Waals surface area contributed by atoms with Gasteiger partial charge in [0, 0.05) is 56.8 Å². The Morgan fingerprint density at radius 3 is 2.63 bits per heavy atom. The van der Waals surface area contributed by atoms with Crippen LogP contribution in [0.25, 0.3) is 0 Å². The Bertz CT molecular complexity index is 707. The molecular weight excluding hydrogens is 342 g/mol. The summed E-state index contributed by atoms with van der Waals surface area (Å²) in [5.41, 5.74) is 1.24. The molecule has 0 aliphatic carbocycles. The summed E-state index contributed by atoms with van der Waals surface area (Å²) in [6, 6.07) is 5.72. The number of carbonyl (C=O) groups excluding carboxylic acids is 2. The zero-order valence-electron chi connectivity index (χ0n) is 16.0. The highest BCUT2D eigenvalue weighted by molar-refractivity contribution is 5.92. The molecule has 2 aromatic rings. The zero-order chi connectivity index (χ0) is 19.5. The van der Waals surface area contributed by atoms with Crippen LogP contribution in [-0.2, 0) is 11.2 Å². The first-order chi connectivity index (χ1) is 13.1. The summed E-state index contributed by atoms with van der Waals surface area (Å²) < 4.78 is 0. The van der Waals surface area contributed by atoms with Crippen LogP contribution in [0, 0.1) is 5.92 Å². The van der Waals surface area contributed by atoms with Gasteiger partial charge in [-0.1, -0.05) is 19.9 Å². The molecule has 0 saturated heterocycles. The van der Waals surface area contributed by atoms with Crippen LogP contribution in [0.1, 0.15) is 42.9 Å². The van der Waals surface area contributed by atoms with Gasteiger partial charge in [-0.15, -0.1) is 0 Å². The second-order valence-corrected chi connectivity index (χ2v) is 6.74. The van der Waals surface area contributed by atoms with E-state index >= 15 is 0 Å². The Balaban J connectivity index is 1.83.